The van der Waals surface area contributed by atoms with Crippen LogP contribution in [0.1, 0.15) is 33.2 Å². The monoisotopic (exact) mass is 245 g/mol. The molecule has 2 aromatic rings. The minimum absolute atomic E-state index is 0.315. The first-order chi connectivity index (χ1) is 8.13. The molecule has 1 atom stereocenters. The summed E-state index contributed by atoms with van der Waals surface area (Å²) in [5.74, 6) is 0. The third kappa shape index (κ3) is 2.43. The van der Waals surface area contributed by atoms with E-state index in [0.29, 0.717) is 6.04 Å². The lowest BCUT2D eigenvalue weighted by Gasteiger charge is -2.20. The average Bonchev–Trinajstić information content (AvgIpc) is 2.76. The lowest BCUT2D eigenvalue weighted by Crippen LogP contribution is -2.18. The first kappa shape index (κ1) is 12.3. The first-order valence-corrected chi connectivity index (χ1v) is 6.80. The van der Waals surface area contributed by atoms with Gasteiger partial charge in [0.15, 0.2) is 0 Å². The van der Waals surface area contributed by atoms with E-state index >= 15 is 0 Å². The van der Waals surface area contributed by atoms with Crippen LogP contribution in [0.4, 0.5) is 0 Å². The highest BCUT2D eigenvalue weighted by molar-refractivity contribution is 7.10. The number of hydrogen-bond acceptors (Lipinski definition) is 2. The molecule has 2 rings (SSSR count). The summed E-state index contributed by atoms with van der Waals surface area (Å²) >= 11 is 1.81. The standard InChI is InChI=1S/C15H19NS/c1-10-8-11(2)14(12(3)9-10)15(16-4)13-6-5-7-17-13/h5-9,15-16H,1-4H3. The molecule has 1 N–H and O–H groups in total. The molecule has 0 saturated heterocycles. The van der Waals surface area contributed by atoms with Gasteiger partial charge in [0, 0.05) is 4.88 Å². The second-order valence-corrected chi connectivity index (χ2v) is 5.53. The Bertz CT molecular complexity index is 477. The Morgan fingerprint density at radius 2 is 1.76 bits per heavy atom. The SMILES string of the molecule is CNC(c1cccs1)c1c(C)cc(C)cc1C. The lowest BCUT2D eigenvalue weighted by atomic mass is 9.93. The fourth-order valence-corrected chi connectivity index (χ4v) is 3.37. The van der Waals surface area contributed by atoms with Crippen molar-refractivity contribution in [3.63, 3.8) is 0 Å². The molecule has 0 spiro atoms. The van der Waals surface area contributed by atoms with E-state index in [9.17, 15) is 0 Å². The summed E-state index contributed by atoms with van der Waals surface area (Å²) in [4.78, 5) is 1.38. The number of hydrogen-bond donors (Lipinski definition) is 1. The fraction of sp³-hybridized carbons (Fsp3) is 0.333. The fourth-order valence-electron chi connectivity index (χ4n) is 2.53. The van der Waals surface area contributed by atoms with Crippen LogP contribution in [-0.4, -0.2) is 7.05 Å². The molecule has 2 heteroatoms. The summed E-state index contributed by atoms with van der Waals surface area (Å²) < 4.78 is 0. The summed E-state index contributed by atoms with van der Waals surface area (Å²) in [5, 5.41) is 5.57. The Hall–Kier alpha value is -1.12. The Kier molecular flexibility index (Phi) is 3.65. The maximum atomic E-state index is 3.43. The molecule has 0 aliphatic heterocycles. The maximum Gasteiger partial charge on any atom is 0.0673 e. The molecule has 0 aliphatic rings. The highest BCUT2D eigenvalue weighted by Gasteiger charge is 2.17. The molecule has 1 unspecified atom stereocenters. The van der Waals surface area contributed by atoms with Crippen molar-refractivity contribution in [3.8, 4) is 0 Å². The number of rotatable bonds is 3. The van der Waals surface area contributed by atoms with Crippen LogP contribution >= 0.6 is 11.3 Å². The summed E-state index contributed by atoms with van der Waals surface area (Å²) in [6.07, 6.45) is 0. The third-order valence-corrected chi connectivity index (χ3v) is 4.08. The van der Waals surface area contributed by atoms with Gasteiger partial charge in [-0.3, -0.25) is 0 Å². The van der Waals surface area contributed by atoms with Crippen LogP contribution in [0.2, 0.25) is 0 Å². The number of aryl methyl sites for hydroxylation is 3. The third-order valence-electron chi connectivity index (χ3n) is 3.14. The minimum Gasteiger partial charge on any atom is -0.309 e. The zero-order chi connectivity index (χ0) is 12.4. The Labute approximate surface area is 108 Å². The van der Waals surface area contributed by atoms with Gasteiger partial charge in [-0.05, 0) is 56.0 Å². The zero-order valence-electron chi connectivity index (χ0n) is 10.9. The van der Waals surface area contributed by atoms with Gasteiger partial charge < -0.3 is 5.32 Å². The first-order valence-electron chi connectivity index (χ1n) is 5.92. The van der Waals surface area contributed by atoms with Crippen molar-refractivity contribution in [2.24, 2.45) is 0 Å². The molecular weight excluding hydrogens is 226 g/mol. The van der Waals surface area contributed by atoms with Gasteiger partial charge in [-0.2, -0.15) is 0 Å². The summed E-state index contributed by atoms with van der Waals surface area (Å²) in [7, 11) is 2.03. The van der Waals surface area contributed by atoms with Crippen molar-refractivity contribution in [1.82, 2.24) is 5.32 Å². The van der Waals surface area contributed by atoms with Crippen molar-refractivity contribution < 1.29 is 0 Å². The van der Waals surface area contributed by atoms with E-state index in [2.05, 4.69) is 55.7 Å². The largest absolute Gasteiger partial charge is 0.309 e. The van der Waals surface area contributed by atoms with Crippen LogP contribution in [0.5, 0.6) is 0 Å². The zero-order valence-corrected chi connectivity index (χ0v) is 11.7. The van der Waals surface area contributed by atoms with Gasteiger partial charge in [0.05, 0.1) is 6.04 Å². The van der Waals surface area contributed by atoms with E-state index in [1.807, 2.05) is 18.4 Å². The van der Waals surface area contributed by atoms with Crippen molar-refractivity contribution in [2.75, 3.05) is 7.05 Å². The highest BCUT2D eigenvalue weighted by Crippen LogP contribution is 2.30. The van der Waals surface area contributed by atoms with Gasteiger partial charge in [-0.15, -0.1) is 11.3 Å². The summed E-state index contributed by atoms with van der Waals surface area (Å²) in [5.41, 5.74) is 5.50. The van der Waals surface area contributed by atoms with E-state index in [-0.39, 0.29) is 0 Å². The van der Waals surface area contributed by atoms with Crippen LogP contribution in [-0.2, 0) is 0 Å². The Balaban J connectivity index is 2.52. The molecule has 1 aromatic heterocycles. The second-order valence-electron chi connectivity index (χ2n) is 4.55. The average molecular weight is 245 g/mol. The van der Waals surface area contributed by atoms with Crippen molar-refractivity contribution in [3.05, 3.63) is 56.8 Å². The molecule has 0 amide bonds. The molecular formula is C15H19NS. The van der Waals surface area contributed by atoms with E-state index < -0.39 is 0 Å². The molecule has 1 nitrogen and oxygen atoms in total. The predicted molar refractivity (Wildman–Crippen MR) is 75.9 cm³/mol. The van der Waals surface area contributed by atoms with Crippen LogP contribution in [0.25, 0.3) is 0 Å². The van der Waals surface area contributed by atoms with Crippen LogP contribution in [0.3, 0.4) is 0 Å². The quantitative estimate of drug-likeness (QED) is 0.862. The number of benzene rings is 1. The van der Waals surface area contributed by atoms with E-state index in [1.54, 1.807) is 0 Å². The van der Waals surface area contributed by atoms with Gasteiger partial charge >= 0.3 is 0 Å². The topological polar surface area (TPSA) is 12.0 Å². The summed E-state index contributed by atoms with van der Waals surface area (Å²) in [6, 6.07) is 9.16. The van der Waals surface area contributed by atoms with Gasteiger partial charge in [0.2, 0.25) is 0 Å². The van der Waals surface area contributed by atoms with Crippen LogP contribution in [0.15, 0.2) is 29.6 Å². The molecule has 0 radical (unpaired) electrons. The molecule has 0 fully saturated rings. The van der Waals surface area contributed by atoms with Crippen molar-refractivity contribution in [2.45, 2.75) is 26.8 Å². The molecule has 1 aromatic carbocycles. The Morgan fingerprint density at radius 1 is 1.12 bits per heavy atom. The molecule has 17 heavy (non-hydrogen) atoms. The highest BCUT2D eigenvalue weighted by atomic mass is 32.1. The van der Waals surface area contributed by atoms with Crippen molar-refractivity contribution >= 4 is 11.3 Å². The number of nitrogens with one attached hydrogen (secondary N) is 1. The maximum absolute atomic E-state index is 3.43. The Morgan fingerprint density at radius 3 is 2.24 bits per heavy atom. The lowest BCUT2D eigenvalue weighted by molar-refractivity contribution is 0.694. The van der Waals surface area contributed by atoms with E-state index in [4.69, 9.17) is 0 Å². The molecule has 90 valence electrons. The van der Waals surface area contributed by atoms with Crippen LogP contribution in [0, 0.1) is 20.8 Å². The predicted octanol–water partition coefficient (Wildman–Crippen LogP) is 3.98. The van der Waals surface area contributed by atoms with Gasteiger partial charge in [0.1, 0.15) is 0 Å². The van der Waals surface area contributed by atoms with Crippen LogP contribution < -0.4 is 5.32 Å². The normalized spacial score (nSPS) is 12.7. The van der Waals surface area contributed by atoms with E-state index in [0.717, 1.165) is 0 Å². The second kappa shape index (κ2) is 5.03. The van der Waals surface area contributed by atoms with E-state index in [1.165, 1.54) is 27.1 Å². The molecule has 0 saturated carbocycles. The molecule has 0 aliphatic carbocycles. The molecule has 0 bridgehead atoms. The van der Waals surface area contributed by atoms with Gasteiger partial charge in [-0.1, -0.05) is 23.8 Å². The van der Waals surface area contributed by atoms with Crippen molar-refractivity contribution in [1.29, 1.82) is 0 Å². The van der Waals surface area contributed by atoms with Gasteiger partial charge in [-0.25, -0.2) is 0 Å². The minimum atomic E-state index is 0.315. The van der Waals surface area contributed by atoms with Gasteiger partial charge in [0.25, 0.3) is 0 Å². The smallest absolute Gasteiger partial charge is 0.0673 e. The molecule has 1 heterocycles. The number of thiophene rings is 1. The summed E-state index contributed by atoms with van der Waals surface area (Å²) in [6.45, 7) is 6.56.